The molecule has 2 nitrogen and oxygen atoms in total. The Bertz CT molecular complexity index is 248. The molecule has 0 radical (unpaired) electrons. The molecule has 0 saturated heterocycles. The molecule has 12 heavy (non-hydrogen) atoms. The first-order valence-electron chi connectivity index (χ1n) is 3.86. The third-order valence-electron chi connectivity index (χ3n) is 1.39. The van der Waals surface area contributed by atoms with Gasteiger partial charge in [-0.15, -0.1) is 0 Å². The average molecular weight is 182 g/mol. The molecule has 3 N–H and O–H groups in total. The Morgan fingerprint density at radius 3 is 2.58 bits per heavy atom. The molecule has 0 aromatic heterocycles. The lowest BCUT2D eigenvalue weighted by molar-refractivity contribution is -0.360. The molecule has 0 unspecified atom stereocenters. The number of carbonyl (C=O) groups excluding carboxylic acids is 1. The molecule has 1 aromatic carbocycles. The van der Waals surface area contributed by atoms with Crippen molar-refractivity contribution in [2.24, 2.45) is 0 Å². The Kier molecular flexibility index (Phi) is 3.84. The number of thioether (sulfide) groups is 1. The first-order chi connectivity index (χ1) is 5.84. The Hall–Kier alpha value is -0.800. The maximum atomic E-state index is 11.3. The second-order valence-electron chi connectivity index (χ2n) is 2.36. The lowest BCUT2D eigenvalue weighted by Gasteiger charge is -1.96. The van der Waals surface area contributed by atoms with E-state index in [1.165, 1.54) is 11.8 Å². The number of benzene rings is 1. The fourth-order valence-electron chi connectivity index (χ4n) is 0.822. The maximum Gasteiger partial charge on any atom is 0.219 e. The number of hydrogen-bond donors (Lipinski definition) is 1. The highest BCUT2D eigenvalue weighted by Gasteiger charge is 2.03. The van der Waals surface area contributed by atoms with Crippen LogP contribution in [-0.2, 0) is 0 Å². The zero-order valence-corrected chi connectivity index (χ0v) is 7.64. The molecule has 0 bridgehead atoms. The summed E-state index contributed by atoms with van der Waals surface area (Å²) in [7, 11) is 0. The van der Waals surface area contributed by atoms with Crippen molar-refractivity contribution < 1.29 is 10.5 Å². The van der Waals surface area contributed by atoms with Crippen LogP contribution in [0.5, 0.6) is 0 Å². The summed E-state index contributed by atoms with van der Waals surface area (Å²) < 4.78 is 0. The van der Waals surface area contributed by atoms with Gasteiger partial charge in [-0.2, -0.15) is 0 Å². The van der Waals surface area contributed by atoms with Gasteiger partial charge in [-0.25, -0.2) is 0 Å². The molecule has 0 saturated carbocycles. The van der Waals surface area contributed by atoms with Crippen LogP contribution >= 0.6 is 11.8 Å². The second kappa shape index (κ2) is 4.95. The predicted octanol–water partition coefficient (Wildman–Crippen LogP) is 0.802. The SMILES string of the molecule is [NH3+]CCSC(=O)c1ccccc1. The fourth-order valence-corrected chi connectivity index (χ4v) is 1.45. The van der Waals surface area contributed by atoms with Crippen LogP contribution in [0.1, 0.15) is 10.4 Å². The van der Waals surface area contributed by atoms with Crippen LogP contribution < -0.4 is 5.73 Å². The number of carbonyl (C=O) groups is 1. The fraction of sp³-hybridized carbons (Fsp3) is 0.222. The van der Waals surface area contributed by atoms with Gasteiger partial charge in [0.1, 0.15) is 0 Å². The molecule has 0 fully saturated rings. The Labute approximate surface area is 76.2 Å². The van der Waals surface area contributed by atoms with Crippen molar-refractivity contribution in [2.45, 2.75) is 0 Å². The van der Waals surface area contributed by atoms with E-state index in [2.05, 4.69) is 5.73 Å². The Balaban J connectivity index is 2.54. The van der Waals surface area contributed by atoms with Crippen molar-refractivity contribution in [3.8, 4) is 0 Å². The summed E-state index contributed by atoms with van der Waals surface area (Å²) in [6.45, 7) is 0.795. The quantitative estimate of drug-likeness (QED) is 0.751. The van der Waals surface area contributed by atoms with Crippen LogP contribution in [0.4, 0.5) is 0 Å². The van der Waals surface area contributed by atoms with Gasteiger partial charge in [-0.1, -0.05) is 42.1 Å². The van der Waals surface area contributed by atoms with Crippen LogP contribution in [0.2, 0.25) is 0 Å². The van der Waals surface area contributed by atoms with E-state index in [1.807, 2.05) is 30.3 Å². The minimum Gasteiger partial charge on any atom is -0.357 e. The van der Waals surface area contributed by atoms with Crippen molar-refractivity contribution in [3.63, 3.8) is 0 Å². The lowest BCUT2D eigenvalue weighted by Crippen LogP contribution is -2.51. The van der Waals surface area contributed by atoms with Crippen LogP contribution in [0.25, 0.3) is 0 Å². The molecule has 1 aromatic rings. The minimum absolute atomic E-state index is 0.138. The normalized spacial score (nSPS) is 9.75. The summed E-state index contributed by atoms with van der Waals surface area (Å²) in [5.74, 6) is 0.799. The molecular weight excluding hydrogens is 170 g/mol. The summed E-state index contributed by atoms with van der Waals surface area (Å²) >= 11 is 1.33. The summed E-state index contributed by atoms with van der Waals surface area (Å²) in [6, 6.07) is 9.32. The van der Waals surface area contributed by atoms with Crippen LogP contribution in [0.15, 0.2) is 30.3 Å². The third-order valence-corrected chi connectivity index (χ3v) is 2.38. The maximum absolute atomic E-state index is 11.3. The average Bonchev–Trinajstić information content (AvgIpc) is 2.15. The van der Waals surface area contributed by atoms with Crippen LogP contribution in [-0.4, -0.2) is 17.4 Å². The van der Waals surface area contributed by atoms with Gasteiger partial charge in [0.15, 0.2) is 0 Å². The molecule has 0 amide bonds. The van der Waals surface area contributed by atoms with Crippen molar-refractivity contribution in [1.82, 2.24) is 0 Å². The topological polar surface area (TPSA) is 44.7 Å². The minimum atomic E-state index is 0.138. The summed E-state index contributed by atoms with van der Waals surface area (Å²) in [4.78, 5) is 11.3. The first-order valence-corrected chi connectivity index (χ1v) is 4.84. The van der Waals surface area contributed by atoms with E-state index in [4.69, 9.17) is 0 Å². The van der Waals surface area contributed by atoms with E-state index in [0.717, 1.165) is 17.9 Å². The molecule has 3 heteroatoms. The molecule has 0 spiro atoms. The monoisotopic (exact) mass is 182 g/mol. The number of rotatable bonds is 3. The number of hydrogen-bond acceptors (Lipinski definition) is 2. The summed E-state index contributed by atoms with van der Waals surface area (Å²) in [5.41, 5.74) is 4.45. The van der Waals surface area contributed by atoms with Crippen LogP contribution in [0.3, 0.4) is 0 Å². The zero-order chi connectivity index (χ0) is 8.81. The van der Waals surface area contributed by atoms with E-state index >= 15 is 0 Å². The molecule has 0 aliphatic rings. The molecule has 1 rings (SSSR count). The van der Waals surface area contributed by atoms with Gasteiger partial charge in [-0.05, 0) is 0 Å². The van der Waals surface area contributed by atoms with Crippen molar-refractivity contribution >= 4 is 16.9 Å². The number of quaternary nitrogens is 1. The molecule has 0 atom stereocenters. The van der Waals surface area contributed by atoms with Crippen molar-refractivity contribution in [1.29, 1.82) is 0 Å². The van der Waals surface area contributed by atoms with E-state index in [1.54, 1.807) is 0 Å². The summed E-state index contributed by atoms with van der Waals surface area (Å²) in [5, 5.41) is 0.138. The molecular formula is C9H12NOS+. The standard InChI is InChI=1S/C9H11NOS/c10-6-7-12-9(11)8-4-2-1-3-5-8/h1-5H,6-7,10H2/p+1. The van der Waals surface area contributed by atoms with E-state index in [9.17, 15) is 4.79 Å². The lowest BCUT2D eigenvalue weighted by atomic mass is 10.2. The summed E-state index contributed by atoms with van der Waals surface area (Å²) in [6.07, 6.45) is 0. The highest BCUT2D eigenvalue weighted by Crippen LogP contribution is 2.10. The van der Waals surface area contributed by atoms with Gasteiger partial charge in [-0.3, -0.25) is 4.79 Å². The van der Waals surface area contributed by atoms with Gasteiger partial charge in [0.2, 0.25) is 5.12 Å². The molecule has 0 heterocycles. The first kappa shape index (κ1) is 9.29. The predicted molar refractivity (Wildman–Crippen MR) is 51.0 cm³/mol. The van der Waals surface area contributed by atoms with Gasteiger partial charge >= 0.3 is 0 Å². The molecule has 64 valence electrons. The Morgan fingerprint density at radius 2 is 2.00 bits per heavy atom. The van der Waals surface area contributed by atoms with E-state index < -0.39 is 0 Å². The highest BCUT2D eigenvalue weighted by molar-refractivity contribution is 8.14. The molecule has 0 aliphatic heterocycles. The zero-order valence-electron chi connectivity index (χ0n) is 6.82. The van der Waals surface area contributed by atoms with Gasteiger partial charge in [0.25, 0.3) is 0 Å². The van der Waals surface area contributed by atoms with E-state index in [-0.39, 0.29) is 5.12 Å². The largest absolute Gasteiger partial charge is 0.357 e. The van der Waals surface area contributed by atoms with Crippen molar-refractivity contribution in [2.75, 3.05) is 12.3 Å². The van der Waals surface area contributed by atoms with Gasteiger partial charge in [0, 0.05) is 5.56 Å². The Morgan fingerprint density at radius 1 is 1.33 bits per heavy atom. The third kappa shape index (κ3) is 2.68. The van der Waals surface area contributed by atoms with Gasteiger partial charge in [0.05, 0.1) is 12.3 Å². The smallest absolute Gasteiger partial charge is 0.219 e. The van der Waals surface area contributed by atoms with Crippen LogP contribution in [0, 0.1) is 0 Å². The van der Waals surface area contributed by atoms with E-state index in [0.29, 0.717) is 0 Å². The highest BCUT2D eigenvalue weighted by atomic mass is 32.2. The van der Waals surface area contributed by atoms with Crippen molar-refractivity contribution in [3.05, 3.63) is 35.9 Å². The molecule has 0 aliphatic carbocycles. The second-order valence-corrected chi connectivity index (χ2v) is 3.42. The van der Waals surface area contributed by atoms with Gasteiger partial charge < -0.3 is 5.73 Å².